The molecule has 0 saturated carbocycles. The second kappa shape index (κ2) is 15.6. The fourth-order valence-corrected chi connectivity index (χ4v) is 5.87. The summed E-state index contributed by atoms with van der Waals surface area (Å²) in [5, 5.41) is 9.80. The molecule has 240 valence electrons. The molecule has 6 nitrogen and oxygen atoms in total. The largest absolute Gasteiger partial charge is 0.481 e. The predicted octanol–water partition coefficient (Wildman–Crippen LogP) is 7.05. The number of Topliss-reactive ketones (excluding diaryl/α,β-unsaturated/α-hetero) is 1. The Hall–Kier alpha value is -3.30. The summed E-state index contributed by atoms with van der Waals surface area (Å²) >= 11 is 0. The number of aromatic nitrogens is 1. The van der Waals surface area contributed by atoms with Crippen LogP contribution in [0.1, 0.15) is 78.5 Å². The van der Waals surface area contributed by atoms with Gasteiger partial charge in [-0.15, -0.1) is 0 Å². The number of carboxylic acid groups (broad SMARTS) is 1. The van der Waals surface area contributed by atoms with Gasteiger partial charge in [-0.1, -0.05) is 13.8 Å². The van der Waals surface area contributed by atoms with E-state index in [1.54, 1.807) is 45.2 Å². The third kappa shape index (κ3) is 9.11. The number of carbonyl (C=O) groups excluding carboxylic acids is 1. The van der Waals surface area contributed by atoms with Crippen LogP contribution < -0.4 is 5.56 Å². The van der Waals surface area contributed by atoms with E-state index < -0.39 is 30.2 Å². The first-order valence-corrected chi connectivity index (χ1v) is 14.8. The summed E-state index contributed by atoms with van der Waals surface area (Å²) in [5.74, 6) is -3.32. The van der Waals surface area contributed by atoms with Crippen molar-refractivity contribution in [1.82, 2.24) is 9.47 Å². The highest BCUT2D eigenvalue weighted by molar-refractivity contribution is 7.59. The summed E-state index contributed by atoms with van der Waals surface area (Å²) in [7, 11) is 3.93. The molecule has 44 heavy (non-hydrogen) atoms. The van der Waals surface area contributed by atoms with Gasteiger partial charge in [0.2, 0.25) is 0 Å². The van der Waals surface area contributed by atoms with Crippen LogP contribution in [0.15, 0.2) is 41.3 Å². The average Bonchev–Trinajstić information content (AvgIpc) is 2.87. The van der Waals surface area contributed by atoms with Crippen molar-refractivity contribution >= 4 is 25.2 Å². The minimum atomic E-state index is -1.16. The molecule has 9 heteroatoms. The number of rotatable bonds is 13. The Morgan fingerprint density at radius 3 is 2.07 bits per heavy atom. The summed E-state index contributed by atoms with van der Waals surface area (Å²) in [6.07, 6.45) is 2.12. The maximum Gasteiger partial charge on any atom is 0.303 e. The molecule has 2 aromatic carbocycles. The van der Waals surface area contributed by atoms with E-state index in [1.165, 1.54) is 16.7 Å². The number of benzene rings is 2. The zero-order chi connectivity index (χ0) is 32.2. The van der Waals surface area contributed by atoms with Crippen molar-refractivity contribution in [3.05, 3.63) is 91.9 Å². The number of halogens is 2. The maximum absolute atomic E-state index is 15.7. The van der Waals surface area contributed by atoms with E-state index >= 15 is 4.39 Å². The number of aryl methyl sites for hydroxylation is 4. The van der Waals surface area contributed by atoms with Gasteiger partial charge in [0.15, 0.2) is 5.78 Å². The molecule has 2 atom stereocenters. The number of carbonyl (C=O) groups is 2. The van der Waals surface area contributed by atoms with Gasteiger partial charge in [0.25, 0.3) is 5.56 Å². The highest BCUT2D eigenvalue weighted by Gasteiger charge is 2.30. The molecule has 1 unspecified atom stereocenters. The summed E-state index contributed by atoms with van der Waals surface area (Å²) in [5.41, 5.74) is 4.64. The van der Waals surface area contributed by atoms with E-state index in [9.17, 15) is 23.9 Å². The molecule has 1 heterocycles. The minimum absolute atomic E-state index is 0. The van der Waals surface area contributed by atoms with Gasteiger partial charge in [-0.25, -0.2) is 8.78 Å². The first kappa shape index (κ1) is 36.9. The zero-order valence-corrected chi connectivity index (χ0v) is 28.1. The van der Waals surface area contributed by atoms with E-state index in [-0.39, 0.29) is 48.6 Å². The van der Waals surface area contributed by atoms with Crippen LogP contribution in [0.3, 0.4) is 0 Å². The molecule has 1 aromatic heterocycles. The third-order valence-electron chi connectivity index (χ3n) is 8.00. The molecule has 1 N–H and O–H groups in total. The second-order valence-corrected chi connectivity index (χ2v) is 12.5. The highest BCUT2D eigenvalue weighted by Crippen LogP contribution is 2.36. The van der Waals surface area contributed by atoms with Gasteiger partial charge in [-0.05, 0) is 129 Å². The monoisotopic (exact) mass is 628 g/mol. The number of nitrogens with zero attached hydrogens (tertiary/aromatic N) is 2. The van der Waals surface area contributed by atoms with Gasteiger partial charge in [0, 0.05) is 31.1 Å². The van der Waals surface area contributed by atoms with Crippen molar-refractivity contribution < 1.29 is 23.5 Å². The average molecular weight is 629 g/mol. The normalized spacial score (nSPS) is 12.7. The standard InChI is InChI=1S/C35H44F2N2O4.H2S/c1-20(2)11-30(39-19-25(9-10-38(7)8)21(3)15-32(39)41)31(40)17-26(18-33(42)43)29-16-27(12-24(6)35(29)37)34-22(4)13-28(36)14-23(34)5;/h12-16,19-20,26,30H,9-11,17-18H2,1-8H3,(H,42,43);1H2/t26-,30?;/m0./s1. The number of pyridine rings is 1. The Morgan fingerprint density at radius 2 is 1.52 bits per heavy atom. The SMILES string of the molecule is Cc1cc(=O)n(C(CC(C)C)C(=O)C[C@@H](CC(=O)O)c2cc(-c3c(C)cc(F)cc3C)cc(C)c2F)cc1CCN(C)C.S. The molecular formula is C35H46F2N2O4S. The molecule has 0 aliphatic carbocycles. The number of ketones is 1. The molecule has 0 aliphatic rings. The molecule has 3 aromatic rings. The molecule has 0 aliphatic heterocycles. The molecule has 0 saturated heterocycles. The number of aliphatic carboxylic acids is 1. The Morgan fingerprint density at radius 1 is 0.909 bits per heavy atom. The zero-order valence-electron chi connectivity index (χ0n) is 27.1. The fourth-order valence-electron chi connectivity index (χ4n) is 5.87. The topological polar surface area (TPSA) is 79.6 Å². The Kier molecular flexibility index (Phi) is 13.1. The molecular weight excluding hydrogens is 582 g/mol. The molecule has 3 rings (SSSR count). The van der Waals surface area contributed by atoms with Crippen LogP contribution in [0.2, 0.25) is 0 Å². The van der Waals surface area contributed by atoms with Crippen LogP contribution in [-0.4, -0.2) is 47.0 Å². The lowest BCUT2D eigenvalue weighted by atomic mass is 9.84. The Balaban J connectivity index is 0.00000675. The van der Waals surface area contributed by atoms with Crippen LogP contribution in [0, 0.1) is 45.2 Å². The van der Waals surface area contributed by atoms with E-state index in [2.05, 4.69) is 0 Å². The van der Waals surface area contributed by atoms with Crippen LogP contribution >= 0.6 is 13.5 Å². The van der Waals surface area contributed by atoms with Gasteiger partial charge in [-0.2, -0.15) is 13.5 Å². The smallest absolute Gasteiger partial charge is 0.303 e. The van der Waals surface area contributed by atoms with Crippen molar-refractivity contribution in [2.75, 3.05) is 20.6 Å². The summed E-state index contributed by atoms with van der Waals surface area (Å²) < 4.78 is 31.2. The van der Waals surface area contributed by atoms with Gasteiger partial charge < -0.3 is 14.6 Å². The second-order valence-electron chi connectivity index (χ2n) is 12.5. The van der Waals surface area contributed by atoms with Gasteiger partial charge >= 0.3 is 5.97 Å². The van der Waals surface area contributed by atoms with E-state index in [0.29, 0.717) is 35.1 Å². The van der Waals surface area contributed by atoms with Crippen LogP contribution in [0.25, 0.3) is 11.1 Å². The summed E-state index contributed by atoms with van der Waals surface area (Å²) in [6.45, 7) is 11.7. The van der Waals surface area contributed by atoms with Gasteiger partial charge in [-0.3, -0.25) is 14.4 Å². The van der Waals surface area contributed by atoms with Gasteiger partial charge in [0.1, 0.15) is 11.6 Å². The molecule has 0 radical (unpaired) electrons. The summed E-state index contributed by atoms with van der Waals surface area (Å²) in [4.78, 5) is 41.3. The van der Waals surface area contributed by atoms with Crippen LogP contribution in [0.4, 0.5) is 8.78 Å². The number of carboxylic acids is 1. The van der Waals surface area contributed by atoms with E-state index in [1.807, 2.05) is 39.8 Å². The lowest BCUT2D eigenvalue weighted by Gasteiger charge is -2.25. The lowest BCUT2D eigenvalue weighted by Crippen LogP contribution is -2.32. The lowest BCUT2D eigenvalue weighted by molar-refractivity contribution is -0.137. The number of hydrogen-bond donors (Lipinski definition) is 1. The van der Waals surface area contributed by atoms with E-state index in [4.69, 9.17) is 0 Å². The molecule has 0 spiro atoms. The summed E-state index contributed by atoms with van der Waals surface area (Å²) in [6, 6.07) is 6.78. The maximum atomic E-state index is 15.7. The predicted molar refractivity (Wildman–Crippen MR) is 177 cm³/mol. The first-order chi connectivity index (χ1) is 20.1. The number of hydrogen-bond acceptors (Lipinski definition) is 4. The molecule has 0 amide bonds. The van der Waals surface area contributed by atoms with Crippen molar-refractivity contribution in [2.45, 2.75) is 79.2 Å². The van der Waals surface area contributed by atoms with E-state index in [0.717, 1.165) is 23.2 Å². The van der Waals surface area contributed by atoms with Crippen molar-refractivity contribution in [1.29, 1.82) is 0 Å². The highest BCUT2D eigenvalue weighted by atomic mass is 32.1. The fraction of sp³-hybridized carbons (Fsp3) is 0.457. The minimum Gasteiger partial charge on any atom is -0.481 e. The van der Waals surface area contributed by atoms with Crippen molar-refractivity contribution in [3.63, 3.8) is 0 Å². The Bertz CT molecular complexity index is 1540. The quantitative estimate of drug-likeness (QED) is 0.220. The van der Waals surface area contributed by atoms with Crippen LogP contribution in [-0.2, 0) is 16.0 Å². The third-order valence-corrected chi connectivity index (χ3v) is 8.00. The Labute approximate surface area is 266 Å². The van der Waals surface area contributed by atoms with Crippen molar-refractivity contribution in [2.24, 2.45) is 5.92 Å². The first-order valence-electron chi connectivity index (χ1n) is 14.8. The number of likely N-dealkylation sites (N-methyl/N-ethyl adjacent to an activating group) is 1. The van der Waals surface area contributed by atoms with Gasteiger partial charge in [0.05, 0.1) is 12.5 Å². The molecule has 0 bridgehead atoms. The van der Waals surface area contributed by atoms with Crippen molar-refractivity contribution in [3.8, 4) is 11.1 Å². The van der Waals surface area contributed by atoms with Crippen LogP contribution in [0.5, 0.6) is 0 Å². The molecule has 0 fully saturated rings.